The lowest BCUT2D eigenvalue weighted by Gasteiger charge is -2.08. The first-order valence-electron chi connectivity index (χ1n) is 14.1. The fraction of sp³-hybridized carbons (Fsp3) is 0.167. The van der Waals surface area contributed by atoms with Crippen LogP contribution in [0.15, 0.2) is 128 Å². The summed E-state index contributed by atoms with van der Waals surface area (Å²) in [5.41, 5.74) is 2.52. The van der Waals surface area contributed by atoms with Gasteiger partial charge < -0.3 is 23.7 Å². The van der Waals surface area contributed by atoms with Gasteiger partial charge in [0.25, 0.3) is 0 Å². The van der Waals surface area contributed by atoms with Crippen LogP contribution in [0.1, 0.15) is 47.4 Å². The summed E-state index contributed by atoms with van der Waals surface area (Å²) in [6.07, 6.45) is 3.82. The molecule has 3 aromatic carbocycles. The first-order chi connectivity index (χ1) is 21.7. The van der Waals surface area contributed by atoms with E-state index >= 15 is 0 Å². The fourth-order valence-electron chi connectivity index (χ4n) is 3.42. The summed E-state index contributed by atoms with van der Waals surface area (Å²) < 4.78 is 25.3. The minimum Gasteiger partial charge on any atom is -0.463 e. The molecule has 0 amide bonds. The molecule has 9 nitrogen and oxygen atoms in total. The zero-order chi connectivity index (χ0) is 33.0. The summed E-state index contributed by atoms with van der Waals surface area (Å²) in [5, 5.41) is 0. The lowest BCUT2D eigenvalue weighted by Crippen LogP contribution is -2.12. The van der Waals surface area contributed by atoms with E-state index in [-0.39, 0.29) is 36.0 Å². The highest BCUT2D eigenvalue weighted by atomic mass is 16.7. The van der Waals surface area contributed by atoms with Crippen LogP contribution in [0.5, 0.6) is 5.75 Å². The van der Waals surface area contributed by atoms with Crippen LogP contribution in [0.3, 0.4) is 0 Å². The van der Waals surface area contributed by atoms with Gasteiger partial charge in [-0.2, -0.15) is 0 Å². The fourth-order valence-corrected chi connectivity index (χ4v) is 3.42. The lowest BCUT2D eigenvalue weighted by molar-refractivity contribution is -0.137. The van der Waals surface area contributed by atoms with Crippen LogP contribution in [0.2, 0.25) is 0 Å². The smallest absolute Gasteiger partial charge is 0.463 e. The molecule has 0 radical (unpaired) electrons. The van der Waals surface area contributed by atoms with Crippen molar-refractivity contribution in [3.63, 3.8) is 0 Å². The lowest BCUT2D eigenvalue weighted by atomic mass is 10.0. The minimum atomic E-state index is -0.915. The van der Waals surface area contributed by atoms with Crippen LogP contribution in [0.4, 0.5) is 4.79 Å². The Morgan fingerprint density at radius 1 is 0.644 bits per heavy atom. The third-order valence-corrected chi connectivity index (χ3v) is 5.59. The van der Waals surface area contributed by atoms with E-state index in [9.17, 15) is 19.2 Å². The monoisotopic (exact) mass is 612 g/mol. The third-order valence-electron chi connectivity index (χ3n) is 5.59. The highest BCUT2D eigenvalue weighted by molar-refractivity contribution is 5.91. The van der Waals surface area contributed by atoms with Gasteiger partial charge in [0, 0.05) is 6.08 Å². The Morgan fingerprint density at radius 2 is 1.11 bits per heavy atom. The quantitative estimate of drug-likeness (QED) is 0.0340. The molecule has 3 rings (SSSR count). The van der Waals surface area contributed by atoms with E-state index < -0.39 is 24.1 Å². The van der Waals surface area contributed by atoms with Gasteiger partial charge in [-0.05, 0) is 72.5 Å². The summed E-state index contributed by atoms with van der Waals surface area (Å²) in [6, 6.07) is 22.3. The second-order valence-corrected chi connectivity index (χ2v) is 8.79. The molecule has 0 N–H and O–H groups in total. The van der Waals surface area contributed by atoms with Crippen LogP contribution in [0.25, 0.3) is 11.1 Å². The molecule has 0 fully saturated rings. The third kappa shape index (κ3) is 13.0. The number of benzene rings is 3. The summed E-state index contributed by atoms with van der Waals surface area (Å²) in [4.78, 5) is 47.6. The minimum absolute atomic E-state index is 0.0161. The highest BCUT2D eigenvalue weighted by Crippen LogP contribution is 2.20. The topological polar surface area (TPSA) is 114 Å². The van der Waals surface area contributed by atoms with E-state index in [4.69, 9.17) is 23.7 Å². The molecule has 0 heterocycles. The normalized spacial score (nSPS) is 10.0. The Bertz CT molecular complexity index is 1490. The van der Waals surface area contributed by atoms with Crippen LogP contribution >= 0.6 is 0 Å². The van der Waals surface area contributed by atoms with Crippen molar-refractivity contribution in [1.29, 1.82) is 0 Å². The Kier molecular flexibility index (Phi) is 15.4. The van der Waals surface area contributed by atoms with E-state index in [2.05, 4.69) is 19.7 Å². The van der Waals surface area contributed by atoms with Crippen molar-refractivity contribution in [2.45, 2.75) is 26.7 Å². The summed E-state index contributed by atoms with van der Waals surface area (Å²) in [7, 11) is 0. The number of carbonyl (C=O) groups is 4. The predicted molar refractivity (Wildman–Crippen MR) is 170 cm³/mol. The highest BCUT2D eigenvalue weighted by Gasteiger charge is 2.12. The van der Waals surface area contributed by atoms with Gasteiger partial charge in [0.2, 0.25) is 0 Å². The second-order valence-electron chi connectivity index (χ2n) is 8.79. The number of hydrogen-bond acceptors (Lipinski definition) is 9. The van der Waals surface area contributed by atoms with Crippen molar-refractivity contribution >= 4 is 24.1 Å². The molecule has 234 valence electrons. The van der Waals surface area contributed by atoms with Gasteiger partial charge in [-0.3, -0.25) is 0 Å². The molecule has 3 aromatic rings. The Balaban J connectivity index is 0.00000345. The maximum atomic E-state index is 12.4. The first kappa shape index (κ1) is 35.5. The molecule has 0 unspecified atom stereocenters. The van der Waals surface area contributed by atoms with Crippen LogP contribution < -0.4 is 4.74 Å². The number of ether oxygens (including phenoxy) is 5. The molecule has 0 aliphatic heterocycles. The molecule has 0 saturated carbocycles. The van der Waals surface area contributed by atoms with E-state index in [0.29, 0.717) is 18.4 Å². The number of esters is 3. The van der Waals surface area contributed by atoms with E-state index in [1.807, 2.05) is 56.3 Å². The van der Waals surface area contributed by atoms with Gasteiger partial charge in [0.1, 0.15) is 17.3 Å². The maximum absolute atomic E-state index is 12.4. The van der Waals surface area contributed by atoms with Gasteiger partial charge in [0.05, 0.1) is 24.3 Å². The van der Waals surface area contributed by atoms with E-state index in [1.54, 1.807) is 12.1 Å². The molecule has 9 heteroatoms. The predicted octanol–water partition coefficient (Wildman–Crippen LogP) is 8.00. The molecular formula is C36H36O9. The zero-order valence-corrected chi connectivity index (χ0v) is 25.4. The molecule has 0 bridgehead atoms. The Labute approximate surface area is 263 Å². The van der Waals surface area contributed by atoms with Gasteiger partial charge in [-0.15, -0.1) is 0 Å². The van der Waals surface area contributed by atoms with Crippen molar-refractivity contribution in [3.8, 4) is 16.9 Å². The molecule has 0 aromatic heterocycles. The SMILES string of the molecule is C=CC(=O)OCCCCOC(=O)Oc1ccc(C(=O)OC(=C)/C=C\C(=C)OC(=O)c2ccc(-c3ccccc3)cc2)cc1.CC. The zero-order valence-electron chi connectivity index (χ0n) is 25.4. The maximum Gasteiger partial charge on any atom is 0.513 e. The number of hydrogen-bond donors (Lipinski definition) is 0. The largest absolute Gasteiger partial charge is 0.513 e. The van der Waals surface area contributed by atoms with Crippen LogP contribution in [-0.2, 0) is 23.7 Å². The van der Waals surface area contributed by atoms with E-state index in [1.165, 1.54) is 36.4 Å². The molecular weight excluding hydrogens is 576 g/mol. The summed E-state index contributed by atoms with van der Waals surface area (Å²) in [5.74, 6) is -1.64. The van der Waals surface area contributed by atoms with Crippen molar-refractivity contribution in [2.24, 2.45) is 0 Å². The van der Waals surface area contributed by atoms with Gasteiger partial charge in [0.15, 0.2) is 0 Å². The molecule has 0 saturated heterocycles. The summed E-state index contributed by atoms with van der Waals surface area (Å²) >= 11 is 0. The van der Waals surface area contributed by atoms with Crippen LogP contribution in [-0.4, -0.2) is 37.3 Å². The summed E-state index contributed by atoms with van der Waals surface area (Å²) in [6.45, 7) is 14.9. The van der Waals surface area contributed by atoms with Crippen LogP contribution in [0, 0.1) is 0 Å². The van der Waals surface area contributed by atoms with Crippen molar-refractivity contribution in [1.82, 2.24) is 0 Å². The van der Waals surface area contributed by atoms with Crippen molar-refractivity contribution < 1.29 is 42.9 Å². The van der Waals surface area contributed by atoms with Crippen molar-refractivity contribution in [3.05, 3.63) is 139 Å². The van der Waals surface area contributed by atoms with Gasteiger partial charge >= 0.3 is 24.1 Å². The Morgan fingerprint density at radius 3 is 1.62 bits per heavy atom. The average Bonchev–Trinajstić information content (AvgIpc) is 3.06. The first-order valence-corrected chi connectivity index (χ1v) is 14.1. The molecule has 0 aliphatic carbocycles. The standard InChI is InChI=1S/C34H30O9.C2H6/c1-4-31(35)39-22-8-9-23-40-34(38)43-30-20-18-29(19-21-30)33(37)42-25(3)13-12-24(2)41-32(36)28-16-14-27(15-17-28)26-10-6-5-7-11-26;1-2/h4-7,10-21H,1-3,8-9,22-23H2;1-2H3/b13-12-;. The second kappa shape index (κ2) is 19.5. The molecule has 0 spiro atoms. The molecule has 0 aliphatic rings. The average molecular weight is 613 g/mol. The van der Waals surface area contributed by atoms with Gasteiger partial charge in [-0.25, -0.2) is 19.2 Å². The number of unbranched alkanes of at least 4 members (excludes halogenated alkanes) is 1. The van der Waals surface area contributed by atoms with E-state index in [0.717, 1.165) is 17.2 Å². The molecule has 0 atom stereocenters. The van der Waals surface area contributed by atoms with Gasteiger partial charge in [-0.1, -0.05) is 76.0 Å². The Hall–Kier alpha value is -5.70. The van der Waals surface area contributed by atoms with Crippen molar-refractivity contribution in [2.75, 3.05) is 13.2 Å². The number of rotatable bonds is 14. The molecule has 45 heavy (non-hydrogen) atoms. The number of allylic oxidation sites excluding steroid dienone is 2. The number of carbonyl (C=O) groups excluding carboxylic acids is 4.